The predicted octanol–water partition coefficient (Wildman–Crippen LogP) is 5.52. The van der Waals surface area contributed by atoms with E-state index in [9.17, 15) is 0 Å². The van der Waals surface area contributed by atoms with Gasteiger partial charge in [0.2, 0.25) is 0 Å². The second kappa shape index (κ2) is 7.47. The summed E-state index contributed by atoms with van der Waals surface area (Å²) < 4.78 is 0. The Balaban J connectivity index is 2.21. The fourth-order valence-corrected chi connectivity index (χ4v) is 3.99. The summed E-state index contributed by atoms with van der Waals surface area (Å²) in [5, 5.41) is 4.61. The van der Waals surface area contributed by atoms with E-state index >= 15 is 0 Å². The number of hydrogen-bond donors (Lipinski definition) is 1. The average Bonchev–Trinajstić information content (AvgIpc) is 2.45. The van der Waals surface area contributed by atoms with E-state index in [0.29, 0.717) is 6.04 Å². The standard InChI is InChI=1S/C18H28ClN/c1-4-14-7-6-8-15(12-14)18(20-5-2)16-10-9-13(3)11-17(16)19/h9-11,14-15,18,20H,4-8,12H2,1-3H3. The van der Waals surface area contributed by atoms with E-state index in [2.05, 4.69) is 44.3 Å². The lowest BCUT2D eigenvalue weighted by Crippen LogP contribution is -2.31. The van der Waals surface area contributed by atoms with E-state index in [1.165, 1.54) is 43.2 Å². The molecule has 3 atom stereocenters. The summed E-state index contributed by atoms with van der Waals surface area (Å²) in [5.74, 6) is 1.63. The van der Waals surface area contributed by atoms with Gasteiger partial charge in [-0.3, -0.25) is 0 Å². The molecule has 0 aliphatic heterocycles. The smallest absolute Gasteiger partial charge is 0.0456 e. The van der Waals surface area contributed by atoms with Crippen LogP contribution in [-0.4, -0.2) is 6.54 Å². The summed E-state index contributed by atoms with van der Waals surface area (Å²) in [5.41, 5.74) is 2.53. The molecule has 0 saturated heterocycles. The van der Waals surface area contributed by atoms with Gasteiger partial charge >= 0.3 is 0 Å². The fraction of sp³-hybridized carbons (Fsp3) is 0.667. The first-order valence-electron chi connectivity index (χ1n) is 8.15. The maximum absolute atomic E-state index is 6.51. The monoisotopic (exact) mass is 293 g/mol. The molecule has 1 fully saturated rings. The molecule has 1 aliphatic rings. The number of nitrogens with one attached hydrogen (secondary N) is 1. The molecule has 1 aliphatic carbocycles. The van der Waals surface area contributed by atoms with Crippen LogP contribution in [0.15, 0.2) is 18.2 Å². The highest BCUT2D eigenvalue weighted by Gasteiger charge is 2.29. The average molecular weight is 294 g/mol. The minimum atomic E-state index is 0.419. The molecule has 1 aromatic carbocycles. The Morgan fingerprint density at radius 1 is 1.30 bits per heavy atom. The van der Waals surface area contributed by atoms with Gasteiger partial charge in [0.1, 0.15) is 0 Å². The van der Waals surface area contributed by atoms with Crippen LogP contribution in [0.3, 0.4) is 0 Å². The zero-order valence-electron chi connectivity index (χ0n) is 13.1. The number of aryl methyl sites for hydroxylation is 1. The Kier molecular flexibility index (Phi) is 5.92. The van der Waals surface area contributed by atoms with Gasteiger partial charge in [-0.2, -0.15) is 0 Å². The normalized spacial score (nSPS) is 24.6. The molecule has 1 saturated carbocycles. The highest BCUT2D eigenvalue weighted by molar-refractivity contribution is 6.31. The van der Waals surface area contributed by atoms with Gasteiger partial charge in [-0.1, -0.05) is 56.8 Å². The third-order valence-corrected chi connectivity index (χ3v) is 5.11. The molecular weight excluding hydrogens is 266 g/mol. The molecule has 0 spiro atoms. The Labute approximate surface area is 129 Å². The Morgan fingerprint density at radius 2 is 2.10 bits per heavy atom. The van der Waals surface area contributed by atoms with E-state index in [1.807, 2.05) is 0 Å². The topological polar surface area (TPSA) is 12.0 Å². The van der Waals surface area contributed by atoms with Gasteiger partial charge in [-0.25, -0.2) is 0 Å². The second-order valence-corrected chi connectivity index (χ2v) is 6.67. The molecule has 2 rings (SSSR count). The Hall–Kier alpha value is -0.530. The van der Waals surface area contributed by atoms with E-state index in [1.54, 1.807) is 0 Å². The summed E-state index contributed by atoms with van der Waals surface area (Å²) in [4.78, 5) is 0. The third kappa shape index (κ3) is 3.77. The Bertz CT molecular complexity index is 429. The van der Waals surface area contributed by atoms with Crippen LogP contribution in [0.25, 0.3) is 0 Å². The number of hydrogen-bond acceptors (Lipinski definition) is 1. The van der Waals surface area contributed by atoms with Crippen LogP contribution in [0, 0.1) is 18.8 Å². The molecule has 20 heavy (non-hydrogen) atoms. The maximum Gasteiger partial charge on any atom is 0.0456 e. The van der Waals surface area contributed by atoms with Crippen molar-refractivity contribution < 1.29 is 0 Å². The highest BCUT2D eigenvalue weighted by Crippen LogP contribution is 2.40. The minimum Gasteiger partial charge on any atom is -0.310 e. The molecule has 0 amide bonds. The third-order valence-electron chi connectivity index (χ3n) is 4.79. The van der Waals surface area contributed by atoms with Gasteiger partial charge in [0.15, 0.2) is 0 Å². The van der Waals surface area contributed by atoms with Crippen LogP contribution in [0.4, 0.5) is 0 Å². The lowest BCUT2D eigenvalue weighted by Gasteiger charge is -2.35. The number of benzene rings is 1. The summed E-state index contributed by atoms with van der Waals surface area (Å²) in [7, 11) is 0. The van der Waals surface area contributed by atoms with Crippen LogP contribution < -0.4 is 5.32 Å². The van der Waals surface area contributed by atoms with Crippen LogP contribution in [0.5, 0.6) is 0 Å². The van der Waals surface area contributed by atoms with Crippen molar-refractivity contribution in [2.45, 2.75) is 58.9 Å². The molecule has 1 N–H and O–H groups in total. The maximum atomic E-state index is 6.51. The van der Waals surface area contributed by atoms with E-state index in [4.69, 9.17) is 11.6 Å². The van der Waals surface area contributed by atoms with Crippen molar-refractivity contribution in [3.8, 4) is 0 Å². The number of halogens is 1. The largest absolute Gasteiger partial charge is 0.310 e. The summed E-state index contributed by atoms with van der Waals surface area (Å²) in [6.07, 6.45) is 6.77. The van der Waals surface area contributed by atoms with Gasteiger partial charge in [0.25, 0.3) is 0 Å². The highest BCUT2D eigenvalue weighted by atomic mass is 35.5. The minimum absolute atomic E-state index is 0.419. The summed E-state index contributed by atoms with van der Waals surface area (Å²) >= 11 is 6.51. The molecule has 1 aromatic rings. The molecule has 0 bridgehead atoms. The van der Waals surface area contributed by atoms with Crippen molar-refractivity contribution in [3.63, 3.8) is 0 Å². The van der Waals surface area contributed by atoms with E-state index < -0.39 is 0 Å². The van der Waals surface area contributed by atoms with Crippen LogP contribution in [-0.2, 0) is 0 Å². The molecular formula is C18H28ClN. The van der Waals surface area contributed by atoms with Crippen molar-refractivity contribution in [1.82, 2.24) is 5.32 Å². The molecule has 2 heteroatoms. The van der Waals surface area contributed by atoms with E-state index in [-0.39, 0.29) is 0 Å². The second-order valence-electron chi connectivity index (χ2n) is 6.26. The Morgan fingerprint density at radius 3 is 2.75 bits per heavy atom. The number of rotatable bonds is 5. The SMILES string of the molecule is CCNC(c1ccc(C)cc1Cl)C1CCCC(CC)C1. The van der Waals surface area contributed by atoms with Crippen molar-refractivity contribution >= 4 is 11.6 Å². The molecule has 112 valence electrons. The molecule has 0 aromatic heterocycles. The molecule has 1 nitrogen and oxygen atoms in total. The first-order chi connectivity index (χ1) is 9.65. The van der Waals surface area contributed by atoms with Gasteiger partial charge in [0, 0.05) is 11.1 Å². The van der Waals surface area contributed by atoms with Gasteiger partial charge < -0.3 is 5.32 Å². The van der Waals surface area contributed by atoms with Gasteiger partial charge in [-0.05, 0) is 55.3 Å². The van der Waals surface area contributed by atoms with Gasteiger partial charge in [0.05, 0.1) is 0 Å². The molecule has 3 unspecified atom stereocenters. The molecule has 0 radical (unpaired) electrons. The van der Waals surface area contributed by atoms with Crippen molar-refractivity contribution in [1.29, 1.82) is 0 Å². The predicted molar refractivity (Wildman–Crippen MR) is 88.3 cm³/mol. The lowest BCUT2D eigenvalue weighted by atomic mass is 9.75. The summed E-state index contributed by atoms with van der Waals surface area (Å²) in [6, 6.07) is 6.93. The lowest BCUT2D eigenvalue weighted by molar-refractivity contribution is 0.210. The van der Waals surface area contributed by atoms with Crippen LogP contribution in [0.1, 0.15) is 63.1 Å². The van der Waals surface area contributed by atoms with Gasteiger partial charge in [-0.15, -0.1) is 0 Å². The van der Waals surface area contributed by atoms with Crippen LogP contribution in [0.2, 0.25) is 5.02 Å². The first-order valence-corrected chi connectivity index (χ1v) is 8.52. The van der Waals surface area contributed by atoms with Crippen molar-refractivity contribution in [2.75, 3.05) is 6.54 Å². The zero-order valence-corrected chi connectivity index (χ0v) is 13.8. The zero-order chi connectivity index (χ0) is 14.5. The molecule has 0 heterocycles. The fourth-order valence-electron chi connectivity index (χ4n) is 3.64. The van der Waals surface area contributed by atoms with Crippen molar-refractivity contribution in [2.24, 2.45) is 11.8 Å². The van der Waals surface area contributed by atoms with Crippen LogP contribution >= 0.6 is 11.6 Å². The quantitative estimate of drug-likeness (QED) is 0.754. The van der Waals surface area contributed by atoms with E-state index in [0.717, 1.165) is 23.4 Å². The summed E-state index contributed by atoms with van der Waals surface area (Å²) in [6.45, 7) is 7.62. The first kappa shape index (κ1) is 15.9. The van der Waals surface area contributed by atoms with Crippen molar-refractivity contribution in [3.05, 3.63) is 34.3 Å².